The van der Waals surface area contributed by atoms with Gasteiger partial charge in [0.2, 0.25) is 0 Å². The summed E-state index contributed by atoms with van der Waals surface area (Å²) in [6.45, 7) is 2.11. The highest BCUT2D eigenvalue weighted by molar-refractivity contribution is 5.47. The lowest BCUT2D eigenvalue weighted by Gasteiger charge is -2.12. The normalized spacial score (nSPS) is 12.8. The molecule has 1 aromatic carbocycles. The molecule has 1 rings (SSSR count). The molecule has 13 heavy (non-hydrogen) atoms. The van der Waals surface area contributed by atoms with Gasteiger partial charge in [-0.1, -0.05) is 38.0 Å². The highest BCUT2D eigenvalue weighted by Crippen LogP contribution is 2.23. The smallest absolute Gasteiger partial charge is 0.0809 e. The standard InChI is InChI=1S/C11H17NO/c1-2-3-8-11(13)9-6-4-5-7-10(9)12/h4-7,11,13H,2-3,8,12H2,1H3/t11-/m0/s1. The Morgan fingerprint density at radius 2 is 2.08 bits per heavy atom. The van der Waals surface area contributed by atoms with Crippen molar-refractivity contribution in [3.8, 4) is 0 Å². The molecule has 1 aromatic rings. The minimum absolute atomic E-state index is 0.402. The molecule has 2 heteroatoms. The lowest BCUT2D eigenvalue weighted by atomic mass is 10.0. The summed E-state index contributed by atoms with van der Waals surface area (Å²) in [5.74, 6) is 0. The Morgan fingerprint density at radius 1 is 1.38 bits per heavy atom. The van der Waals surface area contributed by atoms with Gasteiger partial charge in [-0.3, -0.25) is 0 Å². The second-order valence-corrected chi connectivity index (χ2v) is 3.29. The van der Waals surface area contributed by atoms with Crippen molar-refractivity contribution in [1.29, 1.82) is 0 Å². The van der Waals surface area contributed by atoms with E-state index >= 15 is 0 Å². The molecule has 0 aliphatic carbocycles. The number of nitrogen functional groups attached to an aromatic ring is 1. The number of nitrogens with two attached hydrogens (primary N) is 1. The van der Waals surface area contributed by atoms with Crippen molar-refractivity contribution in [3.05, 3.63) is 29.8 Å². The average Bonchev–Trinajstić information content (AvgIpc) is 2.15. The van der Waals surface area contributed by atoms with Crippen LogP contribution in [-0.4, -0.2) is 5.11 Å². The Kier molecular flexibility index (Phi) is 3.77. The SMILES string of the molecule is CCCC[C@H](O)c1ccccc1N. The molecule has 0 aliphatic rings. The molecule has 0 radical (unpaired) electrons. The summed E-state index contributed by atoms with van der Waals surface area (Å²) >= 11 is 0. The number of anilines is 1. The fourth-order valence-electron chi connectivity index (χ4n) is 1.37. The quantitative estimate of drug-likeness (QED) is 0.697. The van der Waals surface area contributed by atoms with Crippen LogP contribution in [0.25, 0.3) is 0 Å². The summed E-state index contributed by atoms with van der Waals surface area (Å²) in [5, 5.41) is 9.75. The van der Waals surface area contributed by atoms with Crippen LogP contribution < -0.4 is 5.73 Å². The first-order valence-electron chi connectivity index (χ1n) is 4.78. The minimum atomic E-state index is -0.402. The average molecular weight is 179 g/mol. The molecule has 0 bridgehead atoms. The first kappa shape index (κ1) is 10.1. The molecule has 0 unspecified atom stereocenters. The van der Waals surface area contributed by atoms with Crippen molar-refractivity contribution in [2.45, 2.75) is 32.3 Å². The first-order chi connectivity index (χ1) is 6.25. The van der Waals surface area contributed by atoms with E-state index in [0.29, 0.717) is 5.69 Å². The van der Waals surface area contributed by atoms with Crippen LogP contribution in [0.2, 0.25) is 0 Å². The van der Waals surface area contributed by atoms with E-state index in [-0.39, 0.29) is 0 Å². The highest BCUT2D eigenvalue weighted by atomic mass is 16.3. The molecule has 0 aliphatic heterocycles. The van der Waals surface area contributed by atoms with Crippen LogP contribution in [0.1, 0.15) is 37.9 Å². The van der Waals surface area contributed by atoms with E-state index in [9.17, 15) is 5.11 Å². The summed E-state index contributed by atoms with van der Waals surface area (Å²) in [4.78, 5) is 0. The van der Waals surface area contributed by atoms with E-state index in [4.69, 9.17) is 5.73 Å². The largest absolute Gasteiger partial charge is 0.398 e. The molecular weight excluding hydrogens is 162 g/mol. The van der Waals surface area contributed by atoms with Crippen LogP contribution in [0.5, 0.6) is 0 Å². The van der Waals surface area contributed by atoms with Crippen LogP contribution in [-0.2, 0) is 0 Å². The van der Waals surface area contributed by atoms with Gasteiger partial charge < -0.3 is 10.8 Å². The van der Waals surface area contributed by atoms with Gasteiger partial charge in [-0.05, 0) is 12.5 Å². The maximum absolute atomic E-state index is 9.75. The van der Waals surface area contributed by atoms with E-state index in [1.54, 1.807) is 0 Å². The molecule has 72 valence electrons. The van der Waals surface area contributed by atoms with Gasteiger partial charge in [-0.25, -0.2) is 0 Å². The van der Waals surface area contributed by atoms with E-state index < -0.39 is 6.10 Å². The number of aliphatic hydroxyl groups is 1. The van der Waals surface area contributed by atoms with Crippen LogP contribution in [0.3, 0.4) is 0 Å². The number of aliphatic hydroxyl groups excluding tert-OH is 1. The Balaban J connectivity index is 2.65. The maximum atomic E-state index is 9.75. The topological polar surface area (TPSA) is 46.2 Å². The Morgan fingerprint density at radius 3 is 2.69 bits per heavy atom. The lowest BCUT2D eigenvalue weighted by Crippen LogP contribution is -2.01. The van der Waals surface area contributed by atoms with Crippen LogP contribution >= 0.6 is 0 Å². The molecule has 0 heterocycles. The van der Waals surface area contributed by atoms with Crippen molar-refractivity contribution in [2.24, 2.45) is 0 Å². The third kappa shape index (κ3) is 2.74. The van der Waals surface area contributed by atoms with Gasteiger partial charge in [-0.15, -0.1) is 0 Å². The molecule has 0 aromatic heterocycles. The molecular formula is C11H17NO. The number of rotatable bonds is 4. The lowest BCUT2D eigenvalue weighted by molar-refractivity contribution is 0.165. The van der Waals surface area contributed by atoms with Crippen molar-refractivity contribution in [1.82, 2.24) is 0 Å². The number of hydrogen-bond acceptors (Lipinski definition) is 2. The van der Waals surface area contributed by atoms with Gasteiger partial charge in [0, 0.05) is 11.3 Å². The fraction of sp³-hybridized carbons (Fsp3) is 0.455. The van der Waals surface area contributed by atoms with Gasteiger partial charge in [0.05, 0.1) is 6.10 Å². The summed E-state index contributed by atoms with van der Waals surface area (Å²) < 4.78 is 0. The highest BCUT2D eigenvalue weighted by Gasteiger charge is 2.08. The zero-order valence-electron chi connectivity index (χ0n) is 8.03. The van der Waals surface area contributed by atoms with Gasteiger partial charge in [0.1, 0.15) is 0 Å². The Hall–Kier alpha value is -1.02. The predicted octanol–water partition coefficient (Wildman–Crippen LogP) is 2.49. The molecule has 0 saturated heterocycles. The van der Waals surface area contributed by atoms with Crippen molar-refractivity contribution in [2.75, 3.05) is 5.73 Å². The van der Waals surface area contributed by atoms with E-state index in [2.05, 4.69) is 6.92 Å². The second-order valence-electron chi connectivity index (χ2n) is 3.29. The zero-order chi connectivity index (χ0) is 9.68. The monoisotopic (exact) mass is 179 g/mol. The van der Waals surface area contributed by atoms with Gasteiger partial charge in [0.25, 0.3) is 0 Å². The Labute approximate surface area is 79.4 Å². The van der Waals surface area contributed by atoms with E-state index in [1.807, 2.05) is 24.3 Å². The van der Waals surface area contributed by atoms with E-state index in [1.165, 1.54) is 0 Å². The van der Waals surface area contributed by atoms with Gasteiger partial charge in [0.15, 0.2) is 0 Å². The van der Waals surface area contributed by atoms with Gasteiger partial charge in [-0.2, -0.15) is 0 Å². The molecule has 0 amide bonds. The molecule has 0 spiro atoms. The third-order valence-electron chi connectivity index (χ3n) is 2.19. The maximum Gasteiger partial charge on any atom is 0.0809 e. The first-order valence-corrected chi connectivity index (χ1v) is 4.78. The van der Waals surface area contributed by atoms with Crippen molar-refractivity contribution >= 4 is 5.69 Å². The number of para-hydroxylation sites is 1. The molecule has 3 N–H and O–H groups in total. The summed E-state index contributed by atoms with van der Waals surface area (Å²) in [5.41, 5.74) is 7.28. The predicted molar refractivity (Wildman–Crippen MR) is 55.3 cm³/mol. The second kappa shape index (κ2) is 4.87. The summed E-state index contributed by atoms with van der Waals surface area (Å²) in [6.07, 6.45) is 2.53. The zero-order valence-corrected chi connectivity index (χ0v) is 8.03. The van der Waals surface area contributed by atoms with Crippen LogP contribution in [0, 0.1) is 0 Å². The molecule has 1 atom stereocenters. The summed E-state index contributed by atoms with van der Waals surface area (Å²) in [6, 6.07) is 7.49. The fourth-order valence-corrected chi connectivity index (χ4v) is 1.37. The third-order valence-corrected chi connectivity index (χ3v) is 2.19. The van der Waals surface area contributed by atoms with Crippen LogP contribution in [0.15, 0.2) is 24.3 Å². The number of hydrogen-bond donors (Lipinski definition) is 2. The van der Waals surface area contributed by atoms with Crippen LogP contribution in [0.4, 0.5) is 5.69 Å². The minimum Gasteiger partial charge on any atom is -0.398 e. The number of unbranched alkanes of at least 4 members (excludes halogenated alkanes) is 1. The van der Waals surface area contributed by atoms with Crippen molar-refractivity contribution < 1.29 is 5.11 Å². The van der Waals surface area contributed by atoms with Gasteiger partial charge >= 0.3 is 0 Å². The molecule has 0 saturated carbocycles. The Bertz CT molecular complexity index is 260. The molecule has 2 nitrogen and oxygen atoms in total. The molecule has 0 fully saturated rings. The number of benzene rings is 1. The van der Waals surface area contributed by atoms with Crippen molar-refractivity contribution in [3.63, 3.8) is 0 Å². The summed E-state index contributed by atoms with van der Waals surface area (Å²) in [7, 11) is 0. The van der Waals surface area contributed by atoms with E-state index in [0.717, 1.165) is 24.8 Å².